The topological polar surface area (TPSA) is 90.2 Å². The number of rotatable bonds is 6. The van der Waals surface area contributed by atoms with Gasteiger partial charge in [-0.25, -0.2) is 9.18 Å². The molecule has 4 rings (SSSR count). The summed E-state index contributed by atoms with van der Waals surface area (Å²) in [5, 5.41) is 30.6. The number of nitrogens with zero attached hydrogens (tertiary/aromatic N) is 1. The van der Waals surface area contributed by atoms with Crippen molar-refractivity contribution in [1.29, 1.82) is 0 Å². The molecule has 1 saturated heterocycles. The van der Waals surface area contributed by atoms with Crippen LogP contribution in [0.2, 0.25) is 0 Å². The van der Waals surface area contributed by atoms with Crippen molar-refractivity contribution >= 4 is 11.8 Å². The molecule has 0 saturated carbocycles. The number of aliphatic hydroxyl groups is 1. The number of aromatic hydroxyl groups is 2. The molecule has 0 aromatic heterocycles. The lowest BCUT2D eigenvalue weighted by Crippen LogP contribution is -2.29. The number of carbonyl (C=O) groups excluding carboxylic acids is 1. The number of hydrogen-bond acceptors (Lipinski definition) is 5. The van der Waals surface area contributed by atoms with Gasteiger partial charge in [0.1, 0.15) is 29.5 Å². The second-order valence-electron chi connectivity index (χ2n) is 7.46. The van der Waals surface area contributed by atoms with Crippen molar-refractivity contribution < 1.29 is 29.2 Å². The first kappa shape index (κ1) is 20.7. The zero-order chi connectivity index (χ0) is 22.0. The minimum Gasteiger partial charge on any atom is -0.508 e. The molecular formula is C24H22FNO5. The molecule has 0 radical (unpaired) electrons. The van der Waals surface area contributed by atoms with Crippen LogP contribution in [0.5, 0.6) is 11.5 Å². The second kappa shape index (κ2) is 8.65. The van der Waals surface area contributed by atoms with Gasteiger partial charge in [-0.1, -0.05) is 30.3 Å². The number of cyclic esters (lactones) is 1. The standard InChI is InChI=1S/C24H22FNO5/c25-16-8-6-15(7-9-16)20(28)12-13-22-23(19-11-10-18(27)14-21(19)29)26(24(30)31-22)17-4-2-1-3-5-17/h1-11,14,20,22-23,27-29H,12-13H2/t20?,22-,23-/m1/s1. The molecule has 0 aliphatic carbocycles. The molecular weight excluding hydrogens is 401 g/mol. The van der Waals surface area contributed by atoms with Gasteiger partial charge in [0.15, 0.2) is 0 Å². The number of para-hydroxylation sites is 1. The Kier molecular flexibility index (Phi) is 5.77. The maximum Gasteiger partial charge on any atom is 0.415 e. The SMILES string of the molecule is O=C1O[C@H](CCC(O)c2ccc(F)cc2)[C@@H](c2ccc(O)cc2O)N1c1ccccc1. The van der Waals surface area contributed by atoms with Gasteiger partial charge in [0.25, 0.3) is 0 Å². The van der Waals surface area contributed by atoms with Crippen LogP contribution in [-0.2, 0) is 4.74 Å². The number of benzene rings is 3. The van der Waals surface area contributed by atoms with Crippen LogP contribution >= 0.6 is 0 Å². The summed E-state index contributed by atoms with van der Waals surface area (Å²) in [6, 6.07) is 18.1. The fourth-order valence-corrected chi connectivity index (χ4v) is 3.90. The number of ether oxygens (including phenoxy) is 1. The smallest absolute Gasteiger partial charge is 0.415 e. The monoisotopic (exact) mass is 423 g/mol. The van der Waals surface area contributed by atoms with Crippen molar-refractivity contribution in [1.82, 2.24) is 0 Å². The number of hydrogen-bond donors (Lipinski definition) is 3. The molecule has 1 amide bonds. The van der Waals surface area contributed by atoms with Crippen molar-refractivity contribution in [3.8, 4) is 11.5 Å². The summed E-state index contributed by atoms with van der Waals surface area (Å²) in [7, 11) is 0. The normalized spacial score (nSPS) is 19.3. The quantitative estimate of drug-likeness (QED) is 0.529. The zero-order valence-electron chi connectivity index (χ0n) is 16.6. The van der Waals surface area contributed by atoms with Crippen LogP contribution in [0.3, 0.4) is 0 Å². The number of anilines is 1. The van der Waals surface area contributed by atoms with Gasteiger partial charge in [0, 0.05) is 17.3 Å². The van der Waals surface area contributed by atoms with Crippen LogP contribution in [0, 0.1) is 5.82 Å². The molecule has 1 aliphatic heterocycles. The lowest BCUT2D eigenvalue weighted by atomic mass is 9.94. The fraction of sp³-hybridized carbons (Fsp3) is 0.208. The number of carbonyl (C=O) groups is 1. The molecule has 0 spiro atoms. The summed E-state index contributed by atoms with van der Waals surface area (Å²) < 4.78 is 18.8. The van der Waals surface area contributed by atoms with E-state index in [2.05, 4.69) is 0 Å². The van der Waals surface area contributed by atoms with Crippen LogP contribution in [0.25, 0.3) is 0 Å². The van der Waals surface area contributed by atoms with Crippen molar-refractivity contribution in [2.75, 3.05) is 4.90 Å². The molecule has 7 heteroatoms. The van der Waals surface area contributed by atoms with E-state index >= 15 is 0 Å². The van der Waals surface area contributed by atoms with Gasteiger partial charge in [-0.05, 0) is 54.8 Å². The molecule has 3 atom stereocenters. The Morgan fingerprint density at radius 2 is 1.71 bits per heavy atom. The van der Waals surface area contributed by atoms with E-state index in [1.54, 1.807) is 30.3 Å². The van der Waals surface area contributed by atoms with Gasteiger partial charge in [0.05, 0.1) is 6.10 Å². The third-order valence-corrected chi connectivity index (χ3v) is 5.43. The number of phenolic OH excluding ortho intramolecular Hbond substituents is 2. The first-order valence-electron chi connectivity index (χ1n) is 9.94. The van der Waals surface area contributed by atoms with Crippen LogP contribution in [0.1, 0.15) is 36.1 Å². The Morgan fingerprint density at radius 3 is 2.39 bits per heavy atom. The van der Waals surface area contributed by atoms with Crippen molar-refractivity contribution in [3.05, 3.63) is 89.7 Å². The molecule has 31 heavy (non-hydrogen) atoms. The van der Waals surface area contributed by atoms with E-state index in [0.29, 0.717) is 23.2 Å². The van der Waals surface area contributed by atoms with Crippen molar-refractivity contribution in [3.63, 3.8) is 0 Å². The minimum absolute atomic E-state index is 0.0963. The highest BCUT2D eigenvalue weighted by atomic mass is 19.1. The van der Waals surface area contributed by atoms with E-state index in [9.17, 15) is 24.5 Å². The lowest BCUT2D eigenvalue weighted by molar-refractivity contribution is 0.100. The summed E-state index contributed by atoms with van der Waals surface area (Å²) in [6.07, 6.45) is -1.51. The first-order valence-corrected chi connectivity index (χ1v) is 9.94. The molecule has 6 nitrogen and oxygen atoms in total. The molecule has 1 fully saturated rings. The maximum atomic E-state index is 13.1. The fourth-order valence-electron chi connectivity index (χ4n) is 3.90. The van der Waals surface area contributed by atoms with E-state index < -0.39 is 24.3 Å². The third-order valence-electron chi connectivity index (χ3n) is 5.43. The van der Waals surface area contributed by atoms with Gasteiger partial charge < -0.3 is 20.1 Å². The Morgan fingerprint density at radius 1 is 1.00 bits per heavy atom. The molecule has 160 valence electrons. The Hall–Kier alpha value is -3.58. The van der Waals surface area contributed by atoms with Crippen molar-refractivity contribution in [2.45, 2.75) is 31.1 Å². The van der Waals surface area contributed by atoms with E-state index in [0.717, 1.165) is 0 Å². The highest BCUT2D eigenvalue weighted by Crippen LogP contribution is 2.43. The lowest BCUT2D eigenvalue weighted by Gasteiger charge is -2.26. The summed E-state index contributed by atoms with van der Waals surface area (Å²) in [5.74, 6) is -0.642. The highest BCUT2D eigenvalue weighted by Gasteiger charge is 2.44. The Labute approximate surface area is 178 Å². The number of amides is 1. The molecule has 3 aromatic rings. The van der Waals surface area contributed by atoms with Gasteiger partial charge in [0.2, 0.25) is 0 Å². The van der Waals surface area contributed by atoms with E-state index in [1.807, 2.05) is 6.07 Å². The summed E-state index contributed by atoms with van der Waals surface area (Å²) in [6.45, 7) is 0. The Balaban J connectivity index is 1.62. The summed E-state index contributed by atoms with van der Waals surface area (Å²) >= 11 is 0. The second-order valence-corrected chi connectivity index (χ2v) is 7.46. The zero-order valence-corrected chi connectivity index (χ0v) is 16.6. The molecule has 1 heterocycles. The van der Waals surface area contributed by atoms with Crippen molar-refractivity contribution in [2.24, 2.45) is 0 Å². The molecule has 3 N–H and O–H groups in total. The minimum atomic E-state index is -0.862. The molecule has 3 aromatic carbocycles. The van der Waals surface area contributed by atoms with Gasteiger partial charge >= 0.3 is 6.09 Å². The predicted octanol–water partition coefficient (Wildman–Crippen LogP) is 4.82. The van der Waals surface area contributed by atoms with E-state index in [-0.39, 0.29) is 23.7 Å². The largest absolute Gasteiger partial charge is 0.508 e. The molecule has 1 unspecified atom stereocenters. The summed E-state index contributed by atoms with van der Waals surface area (Å²) in [4.78, 5) is 14.2. The Bertz CT molecular complexity index is 1060. The number of aliphatic hydroxyl groups excluding tert-OH is 1. The van der Waals surface area contributed by atoms with E-state index in [1.165, 1.54) is 41.3 Å². The molecule has 1 aliphatic rings. The van der Waals surface area contributed by atoms with Gasteiger partial charge in [-0.15, -0.1) is 0 Å². The first-order chi connectivity index (χ1) is 14.9. The predicted molar refractivity (Wildman–Crippen MR) is 112 cm³/mol. The van der Waals surface area contributed by atoms with Crippen LogP contribution < -0.4 is 4.90 Å². The summed E-state index contributed by atoms with van der Waals surface area (Å²) in [5.41, 5.74) is 1.59. The van der Waals surface area contributed by atoms with Gasteiger partial charge in [-0.3, -0.25) is 4.90 Å². The number of halogens is 1. The number of phenols is 2. The highest BCUT2D eigenvalue weighted by molar-refractivity contribution is 5.91. The average Bonchev–Trinajstić information content (AvgIpc) is 3.09. The van der Waals surface area contributed by atoms with Crippen LogP contribution in [0.15, 0.2) is 72.8 Å². The average molecular weight is 423 g/mol. The van der Waals surface area contributed by atoms with Crippen LogP contribution in [0.4, 0.5) is 14.9 Å². The van der Waals surface area contributed by atoms with Crippen LogP contribution in [-0.4, -0.2) is 27.5 Å². The van der Waals surface area contributed by atoms with Gasteiger partial charge in [-0.2, -0.15) is 0 Å². The maximum absolute atomic E-state index is 13.1. The molecule has 0 bridgehead atoms. The van der Waals surface area contributed by atoms with E-state index in [4.69, 9.17) is 4.74 Å². The third kappa shape index (κ3) is 4.32.